The van der Waals surface area contributed by atoms with Gasteiger partial charge in [-0.25, -0.2) is 8.78 Å². The Labute approximate surface area is 79.6 Å². The molecule has 0 saturated carbocycles. The molecule has 1 aromatic carbocycles. The van der Waals surface area contributed by atoms with E-state index in [1.54, 1.807) is 0 Å². The molecular weight excluding hydrogens is 198 g/mol. The number of rotatable bonds is 3. The molecule has 0 aliphatic heterocycles. The molecule has 13 heavy (non-hydrogen) atoms. The maximum atomic E-state index is 12.9. The Morgan fingerprint density at radius 2 is 2.15 bits per heavy atom. The summed E-state index contributed by atoms with van der Waals surface area (Å²) in [4.78, 5) is 0. The summed E-state index contributed by atoms with van der Waals surface area (Å²) in [5, 5.41) is 0.226. The van der Waals surface area contributed by atoms with Gasteiger partial charge < -0.3 is 4.74 Å². The summed E-state index contributed by atoms with van der Waals surface area (Å²) in [7, 11) is 0. The van der Waals surface area contributed by atoms with Crippen molar-refractivity contribution in [2.75, 3.05) is 6.61 Å². The molecule has 0 spiro atoms. The van der Waals surface area contributed by atoms with Gasteiger partial charge in [0.05, 0.1) is 0 Å². The number of hydrogen-bond acceptors (Lipinski definition) is 1. The Kier molecular flexibility index (Phi) is 3.25. The van der Waals surface area contributed by atoms with Crippen LogP contribution in [-0.4, -0.2) is 6.61 Å². The number of benzene rings is 1. The Hall–Kier alpha value is -1.09. The summed E-state index contributed by atoms with van der Waals surface area (Å²) in [6, 6.07) is 2.95. The topological polar surface area (TPSA) is 9.23 Å². The van der Waals surface area contributed by atoms with Gasteiger partial charge >= 0.3 is 0 Å². The molecule has 0 amide bonds. The van der Waals surface area contributed by atoms with E-state index in [1.165, 1.54) is 0 Å². The predicted octanol–water partition coefficient (Wildman–Crippen LogP) is 3.10. The van der Waals surface area contributed by atoms with Gasteiger partial charge in [-0.2, -0.15) is 0 Å². The largest absolute Gasteiger partial charge is 0.485 e. The normalized spacial score (nSPS) is 9.77. The predicted molar refractivity (Wildman–Crippen MR) is 46.8 cm³/mol. The lowest BCUT2D eigenvalue weighted by Gasteiger charge is -2.05. The minimum absolute atomic E-state index is 0.0398. The first kappa shape index (κ1) is 9.99. The fourth-order valence-corrected chi connectivity index (χ4v) is 0.798. The molecular formula is C9H7ClF2O. The van der Waals surface area contributed by atoms with E-state index in [0.717, 1.165) is 18.2 Å². The van der Waals surface area contributed by atoms with E-state index in [0.29, 0.717) is 0 Å². The van der Waals surface area contributed by atoms with Crippen molar-refractivity contribution in [2.24, 2.45) is 0 Å². The summed E-state index contributed by atoms with van der Waals surface area (Å²) in [6.45, 7) is 3.31. The van der Waals surface area contributed by atoms with Crippen molar-refractivity contribution in [3.8, 4) is 5.75 Å². The zero-order valence-corrected chi connectivity index (χ0v) is 7.44. The molecule has 0 aromatic heterocycles. The van der Waals surface area contributed by atoms with E-state index in [1.807, 2.05) is 0 Å². The Bertz CT molecular complexity index is 325. The fourth-order valence-electron chi connectivity index (χ4n) is 0.744. The minimum Gasteiger partial charge on any atom is -0.485 e. The highest BCUT2D eigenvalue weighted by Gasteiger charge is 2.04. The van der Waals surface area contributed by atoms with Gasteiger partial charge in [-0.15, -0.1) is 0 Å². The third kappa shape index (κ3) is 3.03. The Balaban J connectivity index is 2.75. The van der Waals surface area contributed by atoms with E-state index in [4.69, 9.17) is 16.3 Å². The van der Waals surface area contributed by atoms with Gasteiger partial charge in [0.15, 0.2) is 11.6 Å². The van der Waals surface area contributed by atoms with Crippen molar-refractivity contribution in [1.82, 2.24) is 0 Å². The van der Waals surface area contributed by atoms with Crippen LogP contribution in [-0.2, 0) is 0 Å². The van der Waals surface area contributed by atoms with Crippen LogP contribution in [0.3, 0.4) is 0 Å². The smallest absolute Gasteiger partial charge is 0.165 e. The lowest BCUT2D eigenvalue weighted by molar-refractivity contribution is 0.336. The quantitative estimate of drug-likeness (QED) is 0.735. The van der Waals surface area contributed by atoms with E-state index < -0.39 is 11.6 Å². The third-order valence-corrected chi connectivity index (χ3v) is 1.39. The SMILES string of the molecule is C=C(Cl)COc1cc(F)ccc1F. The van der Waals surface area contributed by atoms with Crippen LogP contribution < -0.4 is 4.74 Å². The molecule has 0 radical (unpaired) electrons. The van der Waals surface area contributed by atoms with Crippen molar-refractivity contribution in [1.29, 1.82) is 0 Å². The molecule has 1 rings (SSSR count). The van der Waals surface area contributed by atoms with Crippen LogP contribution in [0.25, 0.3) is 0 Å². The van der Waals surface area contributed by atoms with Crippen molar-refractivity contribution in [3.05, 3.63) is 41.4 Å². The fraction of sp³-hybridized carbons (Fsp3) is 0.111. The maximum absolute atomic E-state index is 12.9. The second kappa shape index (κ2) is 4.23. The zero-order valence-electron chi connectivity index (χ0n) is 6.69. The van der Waals surface area contributed by atoms with Crippen molar-refractivity contribution >= 4 is 11.6 Å². The van der Waals surface area contributed by atoms with Crippen molar-refractivity contribution in [2.45, 2.75) is 0 Å². The highest BCUT2D eigenvalue weighted by molar-refractivity contribution is 6.29. The first-order valence-electron chi connectivity index (χ1n) is 3.50. The monoisotopic (exact) mass is 204 g/mol. The van der Waals surface area contributed by atoms with Crippen LogP contribution in [0.5, 0.6) is 5.75 Å². The molecule has 0 heterocycles. The van der Waals surface area contributed by atoms with Crippen LogP contribution in [0.15, 0.2) is 29.8 Å². The molecule has 70 valence electrons. The lowest BCUT2D eigenvalue weighted by Crippen LogP contribution is -1.98. The molecule has 1 nitrogen and oxygen atoms in total. The second-order valence-electron chi connectivity index (χ2n) is 2.38. The van der Waals surface area contributed by atoms with Gasteiger partial charge in [-0.3, -0.25) is 0 Å². The summed E-state index contributed by atoms with van der Waals surface area (Å²) in [6.07, 6.45) is 0. The van der Waals surface area contributed by atoms with Crippen molar-refractivity contribution < 1.29 is 13.5 Å². The first-order valence-corrected chi connectivity index (χ1v) is 3.88. The first-order chi connectivity index (χ1) is 6.09. The lowest BCUT2D eigenvalue weighted by atomic mass is 10.3. The third-order valence-electron chi connectivity index (χ3n) is 1.28. The number of hydrogen-bond donors (Lipinski definition) is 0. The van der Waals surface area contributed by atoms with Gasteiger partial charge in [0.1, 0.15) is 12.4 Å². The average molecular weight is 205 g/mol. The summed E-state index contributed by atoms with van der Waals surface area (Å²) in [5.74, 6) is -1.35. The van der Waals surface area contributed by atoms with E-state index >= 15 is 0 Å². The highest BCUT2D eigenvalue weighted by Crippen LogP contribution is 2.18. The highest BCUT2D eigenvalue weighted by atomic mass is 35.5. The van der Waals surface area contributed by atoms with E-state index in [9.17, 15) is 8.78 Å². The second-order valence-corrected chi connectivity index (χ2v) is 2.92. The standard InChI is InChI=1S/C9H7ClF2O/c1-6(10)5-13-9-4-7(11)2-3-8(9)12/h2-4H,1,5H2. The average Bonchev–Trinajstić information content (AvgIpc) is 2.06. The molecule has 0 fully saturated rings. The Morgan fingerprint density at radius 1 is 1.46 bits per heavy atom. The summed E-state index contributed by atoms with van der Waals surface area (Å²) in [5.41, 5.74) is 0. The van der Waals surface area contributed by atoms with Crippen LogP contribution in [0.4, 0.5) is 8.78 Å². The van der Waals surface area contributed by atoms with Crippen molar-refractivity contribution in [3.63, 3.8) is 0 Å². The van der Waals surface area contributed by atoms with E-state index in [2.05, 4.69) is 6.58 Å². The molecule has 0 aliphatic carbocycles. The number of ether oxygens (including phenoxy) is 1. The maximum Gasteiger partial charge on any atom is 0.165 e. The minimum atomic E-state index is -0.626. The molecule has 0 aliphatic rings. The number of halogens is 3. The Morgan fingerprint density at radius 3 is 2.77 bits per heavy atom. The molecule has 0 saturated heterocycles. The van der Waals surface area contributed by atoms with Gasteiger partial charge in [-0.05, 0) is 12.1 Å². The van der Waals surface area contributed by atoms with Crippen LogP contribution in [0, 0.1) is 11.6 Å². The summed E-state index contributed by atoms with van der Waals surface area (Å²) < 4.78 is 30.3. The molecule has 1 aromatic rings. The zero-order chi connectivity index (χ0) is 9.84. The molecule has 0 bridgehead atoms. The van der Waals surface area contributed by atoms with Gasteiger partial charge in [0.2, 0.25) is 0 Å². The molecule has 4 heteroatoms. The van der Waals surface area contributed by atoms with E-state index in [-0.39, 0.29) is 17.4 Å². The van der Waals surface area contributed by atoms with Crippen LogP contribution in [0.2, 0.25) is 0 Å². The summed E-state index contributed by atoms with van der Waals surface area (Å²) >= 11 is 5.38. The van der Waals surface area contributed by atoms with Crippen LogP contribution in [0.1, 0.15) is 0 Å². The van der Waals surface area contributed by atoms with Gasteiger partial charge in [0.25, 0.3) is 0 Å². The van der Waals surface area contributed by atoms with Gasteiger partial charge in [-0.1, -0.05) is 18.2 Å². The molecule has 0 unspecified atom stereocenters. The van der Waals surface area contributed by atoms with Crippen LogP contribution >= 0.6 is 11.6 Å². The molecule has 0 atom stereocenters. The molecule has 0 N–H and O–H groups in total. The van der Waals surface area contributed by atoms with Gasteiger partial charge in [0, 0.05) is 11.1 Å².